The second kappa shape index (κ2) is 28.1. The zero-order chi connectivity index (χ0) is 63.2. The van der Waals surface area contributed by atoms with Gasteiger partial charge in [0, 0.05) is 65.0 Å². The van der Waals surface area contributed by atoms with Crippen LogP contribution in [0.5, 0.6) is 0 Å². The van der Waals surface area contributed by atoms with Crippen molar-refractivity contribution in [2.24, 2.45) is 17.8 Å². The molecule has 1 fully saturated rings. The topological polar surface area (TPSA) is 360 Å². The number of unbranched alkanes of at least 4 members (excludes halogenated alkanes) is 1. The molecule has 0 saturated heterocycles. The van der Waals surface area contributed by atoms with Crippen molar-refractivity contribution >= 4 is 121 Å². The summed E-state index contributed by atoms with van der Waals surface area (Å²) in [5.41, 5.74) is 2.40. The van der Waals surface area contributed by atoms with Crippen LogP contribution in [0.15, 0.2) is 64.0 Å². The van der Waals surface area contributed by atoms with Gasteiger partial charge in [0.15, 0.2) is 0 Å². The van der Waals surface area contributed by atoms with E-state index in [1.54, 1.807) is 70.9 Å². The molecule has 10 rings (SSSR count). The van der Waals surface area contributed by atoms with Crippen LogP contribution in [0.1, 0.15) is 138 Å². The third-order valence-corrected chi connectivity index (χ3v) is 20.4. The van der Waals surface area contributed by atoms with Crippen LogP contribution in [0.25, 0.3) is 43.4 Å². The lowest BCUT2D eigenvalue weighted by Crippen LogP contribution is -2.44. The van der Waals surface area contributed by atoms with Crippen molar-refractivity contribution in [3.63, 3.8) is 0 Å². The quantitative estimate of drug-likeness (QED) is 0.0424. The number of amides is 6. The van der Waals surface area contributed by atoms with Crippen LogP contribution in [0.2, 0.25) is 0 Å². The van der Waals surface area contributed by atoms with E-state index in [0.717, 1.165) is 34.0 Å². The van der Waals surface area contributed by atoms with Gasteiger partial charge in [-0.15, -0.1) is 68.0 Å². The second-order valence-electron chi connectivity index (χ2n) is 21.2. The third-order valence-electron chi connectivity index (χ3n) is 14.6. The normalized spacial score (nSPS) is 18.4. The number of aryl methyl sites for hydroxylation is 1. The van der Waals surface area contributed by atoms with Crippen LogP contribution in [-0.4, -0.2) is 125 Å². The molecule has 464 valence electrons. The fraction of sp³-hybridized carbons (Fsp3) is 0.362. The number of rotatable bonds is 16. The summed E-state index contributed by atoms with van der Waals surface area (Å²) in [6, 6.07) is 9.30. The van der Waals surface area contributed by atoms with Crippen molar-refractivity contribution in [2.45, 2.75) is 90.1 Å². The molecule has 0 spiro atoms. The third kappa shape index (κ3) is 14.6. The van der Waals surface area contributed by atoms with E-state index in [2.05, 4.69) is 26.6 Å². The van der Waals surface area contributed by atoms with Crippen LogP contribution in [-0.2, 0) is 35.3 Å². The maximum Gasteiger partial charge on any atom is 0.306 e. The van der Waals surface area contributed by atoms with Crippen molar-refractivity contribution in [1.29, 1.82) is 0 Å². The number of carbonyl (C=O) groups is 8. The summed E-state index contributed by atoms with van der Waals surface area (Å²) >= 11 is 7.04. The molecule has 0 radical (unpaired) electrons. The first-order valence-electron chi connectivity index (χ1n) is 28.0. The number of carboxylic acids is 2. The van der Waals surface area contributed by atoms with Crippen LogP contribution in [0.3, 0.4) is 0 Å². The van der Waals surface area contributed by atoms with E-state index in [1.807, 2.05) is 13.8 Å². The zero-order valence-corrected chi connectivity index (χ0v) is 53.2. The summed E-state index contributed by atoms with van der Waals surface area (Å²) in [5.74, 6) is -6.41. The monoisotopic (exact) mass is 1320 g/mol. The number of thiazole rings is 6. The molecule has 7 aromatic heterocycles. The van der Waals surface area contributed by atoms with Crippen LogP contribution >= 0.6 is 68.0 Å². The number of anilines is 1. The Morgan fingerprint density at radius 3 is 2.13 bits per heavy atom. The second-order valence-corrected chi connectivity index (χ2v) is 27.0. The number of nitrogens with one attached hydrogen (secondary N) is 5. The Bertz CT molecular complexity index is 3960. The average molecular weight is 1320 g/mol. The van der Waals surface area contributed by atoms with Gasteiger partial charge in [-0.05, 0) is 56.2 Å². The number of carboxylic acid groups (broad SMARTS) is 2. The number of hydrogen-bond donors (Lipinski definition) is 8. The van der Waals surface area contributed by atoms with Crippen LogP contribution in [0.4, 0.5) is 5.82 Å². The number of aliphatic hydroxyl groups is 1. The minimum absolute atomic E-state index is 0.00614. The van der Waals surface area contributed by atoms with Crippen molar-refractivity contribution in [1.82, 2.24) is 61.5 Å². The number of fused-ring (bicyclic) bond motifs is 14. The molecular formula is C58H59N13O12S6. The fourth-order valence-corrected chi connectivity index (χ4v) is 15.4. The highest BCUT2D eigenvalue weighted by Gasteiger charge is 2.42. The number of nitrogens with zero attached hydrogens (tertiary/aromatic N) is 8. The van der Waals surface area contributed by atoms with Crippen molar-refractivity contribution in [3.05, 3.63) is 111 Å². The van der Waals surface area contributed by atoms with E-state index >= 15 is 0 Å². The van der Waals surface area contributed by atoms with Crippen molar-refractivity contribution < 1.29 is 58.4 Å². The largest absolute Gasteiger partial charge is 0.481 e. The van der Waals surface area contributed by atoms with E-state index in [1.165, 1.54) is 53.1 Å². The van der Waals surface area contributed by atoms with E-state index < -0.39 is 84.1 Å². The van der Waals surface area contributed by atoms with Gasteiger partial charge in [0.2, 0.25) is 17.7 Å². The summed E-state index contributed by atoms with van der Waals surface area (Å²) in [5, 5.41) is 53.8. The number of aromatic nitrogens is 7. The number of carbonyl (C=O) groups excluding carboxylic acids is 6. The SMILES string of the molecule is CNC(=O)C[C@@H]1NC(=O)c2csc(n2)-c2ccc(-c3nc(N(CCCCC(=O)O)C(=O)[C@H]4C[C@H](C(=O)O)C4)cs3)nc2-c2csc(n2)-c2csc(n2)[C@H]([C@@H](O)c2ccccc2)NC(=O)CNC(=O)c2nc(sc2COC)C(C(C)C)NC(=O)c2nc1sc2C. The molecule has 6 amide bonds. The summed E-state index contributed by atoms with van der Waals surface area (Å²) < 4.78 is 5.45. The van der Waals surface area contributed by atoms with E-state index in [0.29, 0.717) is 87.4 Å². The number of methoxy groups -OCH3 is 1. The highest BCUT2D eigenvalue weighted by atomic mass is 32.1. The highest BCUT2D eigenvalue weighted by Crippen LogP contribution is 2.42. The Balaban J connectivity index is 1.05. The van der Waals surface area contributed by atoms with Gasteiger partial charge in [-0.2, -0.15) is 0 Å². The number of aliphatic carboxylic acids is 2. The van der Waals surface area contributed by atoms with E-state index in [-0.39, 0.29) is 72.7 Å². The number of ether oxygens (including phenoxy) is 1. The molecule has 4 atom stereocenters. The molecule has 1 aliphatic carbocycles. The molecule has 89 heavy (non-hydrogen) atoms. The number of pyridine rings is 1. The molecule has 8 aromatic rings. The first kappa shape index (κ1) is 63.8. The summed E-state index contributed by atoms with van der Waals surface area (Å²) in [7, 11) is 2.92. The highest BCUT2D eigenvalue weighted by molar-refractivity contribution is 7.15. The first-order chi connectivity index (χ1) is 42.8. The van der Waals surface area contributed by atoms with Gasteiger partial charge in [0.1, 0.15) is 82.2 Å². The molecule has 2 aliphatic rings. The predicted molar refractivity (Wildman–Crippen MR) is 335 cm³/mol. The van der Waals surface area contributed by atoms with Gasteiger partial charge in [-0.3, -0.25) is 43.3 Å². The summed E-state index contributed by atoms with van der Waals surface area (Å²) in [6.45, 7) is 5.04. The van der Waals surface area contributed by atoms with Gasteiger partial charge in [-0.1, -0.05) is 44.2 Å². The first-order valence-corrected chi connectivity index (χ1v) is 33.1. The molecule has 8 N–H and O–H groups in total. The van der Waals surface area contributed by atoms with Crippen molar-refractivity contribution in [2.75, 3.05) is 32.1 Å². The fourth-order valence-electron chi connectivity index (χ4n) is 9.82. The maximum atomic E-state index is 14.4. The molecule has 8 heterocycles. The lowest BCUT2D eigenvalue weighted by Gasteiger charge is -2.34. The Labute approximate surface area is 532 Å². The van der Waals surface area contributed by atoms with Gasteiger partial charge in [0.05, 0.1) is 48.1 Å². The molecule has 1 aliphatic heterocycles. The number of aliphatic hydroxyl groups excluding tert-OH is 1. The lowest BCUT2D eigenvalue weighted by atomic mass is 9.74. The zero-order valence-electron chi connectivity index (χ0n) is 48.3. The average Bonchev–Trinajstić information content (AvgIpc) is 1.92. The van der Waals surface area contributed by atoms with Gasteiger partial charge >= 0.3 is 11.9 Å². The maximum absolute atomic E-state index is 14.4. The van der Waals surface area contributed by atoms with Crippen LogP contribution < -0.4 is 31.5 Å². The lowest BCUT2D eigenvalue weighted by molar-refractivity contribution is -0.148. The summed E-state index contributed by atoms with van der Waals surface area (Å²) in [4.78, 5) is 143. The molecule has 25 nitrogen and oxygen atoms in total. The van der Waals surface area contributed by atoms with Gasteiger partial charge in [0.25, 0.3) is 17.7 Å². The molecular weight excluding hydrogens is 1260 g/mol. The summed E-state index contributed by atoms with van der Waals surface area (Å²) in [6.07, 6.45) is -0.660. The molecule has 1 saturated carbocycles. The molecule has 10 bridgehead atoms. The molecule has 31 heteroatoms. The Kier molecular flexibility index (Phi) is 20.2. The van der Waals surface area contributed by atoms with Crippen LogP contribution in [0, 0.1) is 24.7 Å². The Morgan fingerprint density at radius 1 is 0.697 bits per heavy atom. The minimum atomic E-state index is -1.30. The standard InChI is InChI=1S/C58H59N13O12S6/c1-26(2)42-56-70-45(37(89-56)21-83-5)49(78)60-20-40(73)67-46(47(76)28-11-7-6-8-12-28)55-65-36(24-86-55)53-63-34(22-85-53)44-31(51-64-35(23-84-51)48(77)62-33(19-39(72)59-4)54-69-43(27(3)88-54)50(79)68-42)14-15-32(61-44)52-66-38(25-87-52)71(16-10-9-13-41(74)75)57(80)29-17-30(18-29)58(81)82/h6-8,11-12,14-15,22-26,29-30,33,42,46-47,76H,9-10,13,16-21H2,1-5H3,(H,59,72)(H,60,78)(H,62,77)(H,67,73)(H,68,79)(H,74,75)(H,81,82)/t29-,30-,33-,42?,46-,47-/m0/s1. The van der Waals surface area contributed by atoms with Gasteiger partial charge in [-0.25, -0.2) is 34.9 Å². The minimum Gasteiger partial charge on any atom is -0.481 e. The number of benzene rings is 1. The molecule has 1 aromatic carbocycles. The smallest absolute Gasteiger partial charge is 0.306 e. The molecule has 1 unspecified atom stereocenters. The Hall–Kier alpha value is -8.17. The predicted octanol–water partition coefficient (Wildman–Crippen LogP) is 8.01. The van der Waals surface area contributed by atoms with E-state index in [4.69, 9.17) is 39.6 Å². The Morgan fingerprint density at radius 2 is 1.40 bits per heavy atom. The van der Waals surface area contributed by atoms with E-state index in [9.17, 15) is 53.7 Å². The van der Waals surface area contributed by atoms with Crippen molar-refractivity contribution in [3.8, 4) is 43.4 Å². The van der Waals surface area contributed by atoms with Gasteiger partial charge < -0.3 is 46.6 Å². The number of hydrogen-bond acceptors (Lipinski definition) is 23.